The van der Waals surface area contributed by atoms with Crippen molar-refractivity contribution in [2.45, 2.75) is 25.8 Å². The van der Waals surface area contributed by atoms with Crippen molar-refractivity contribution in [3.05, 3.63) is 0 Å². The molecule has 5 nitrogen and oxygen atoms in total. The molecule has 0 fully saturated rings. The molecule has 0 saturated heterocycles. The van der Waals surface area contributed by atoms with Gasteiger partial charge in [0.1, 0.15) is 6.04 Å². The minimum absolute atomic E-state index is 0.106. The highest BCUT2D eigenvalue weighted by molar-refractivity contribution is 7.89. The van der Waals surface area contributed by atoms with Crippen LogP contribution in [0.5, 0.6) is 0 Å². The first-order valence-electron chi connectivity index (χ1n) is 4.44. The van der Waals surface area contributed by atoms with Crippen LogP contribution in [0.1, 0.15) is 19.8 Å². The fourth-order valence-corrected chi connectivity index (χ4v) is 2.02. The number of methoxy groups -OCH3 is 1. The van der Waals surface area contributed by atoms with Crippen molar-refractivity contribution in [2.75, 3.05) is 19.5 Å². The molecule has 1 atom stereocenters. The van der Waals surface area contributed by atoms with E-state index in [2.05, 4.69) is 9.46 Å². The molecule has 0 heterocycles. The van der Waals surface area contributed by atoms with Gasteiger partial charge in [-0.1, -0.05) is 13.3 Å². The third-order valence-electron chi connectivity index (χ3n) is 1.61. The van der Waals surface area contributed by atoms with Gasteiger partial charge in [0.2, 0.25) is 10.0 Å². The van der Waals surface area contributed by atoms with Gasteiger partial charge in [-0.15, -0.1) is 0 Å². The minimum Gasteiger partial charge on any atom is -0.384 e. The molecular weight excluding hydrogens is 204 g/mol. The Morgan fingerprint density at radius 1 is 1.57 bits per heavy atom. The lowest BCUT2D eigenvalue weighted by molar-refractivity contribution is 0.217. The van der Waals surface area contributed by atoms with Gasteiger partial charge >= 0.3 is 0 Å². The maximum absolute atomic E-state index is 11.3. The van der Waals surface area contributed by atoms with E-state index in [1.807, 2.05) is 13.0 Å². The largest absolute Gasteiger partial charge is 0.384 e. The highest BCUT2D eigenvalue weighted by Crippen LogP contribution is 1.97. The number of nitrogens with zero attached hydrogens (tertiary/aromatic N) is 1. The zero-order chi connectivity index (χ0) is 11.0. The van der Waals surface area contributed by atoms with Crippen LogP contribution in [0.25, 0.3) is 0 Å². The number of nitriles is 1. The smallest absolute Gasteiger partial charge is 0.215 e. The van der Waals surface area contributed by atoms with Crippen molar-refractivity contribution in [1.82, 2.24) is 4.72 Å². The molecule has 0 aromatic heterocycles. The normalized spacial score (nSPS) is 13.5. The Hall–Kier alpha value is -0.640. The SMILES string of the molecule is CCCC(C#N)NS(=O)(=O)CCOC. The van der Waals surface area contributed by atoms with Crippen LogP contribution < -0.4 is 4.72 Å². The maximum atomic E-state index is 11.3. The zero-order valence-electron chi connectivity index (χ0n) is 8.49. The molecule has 6 heteroatoms. The van der Waals surface area contributed by atoms with Crippen LogP contribution >= 0.6 is 0 Å². The highest BCUT2D eigenvalue weighted by Gasteiger charge is 2.16. The van der Waals surface area contributed by atoms with E-state index in [9.17, 15) is 8.42 Å². The first-order chi connectivity index (χ1) is 6.55. The zero-order valence-corrected chi connectivity index (χ0v) is 9.30. The monoisotopic (exact) mass is 220 g/mol. The Kier molecular flexibility index (Phi) is 6.45. The third-order valence-corrected chi connectivity index (χ3v) is 2.96. The van der Waals surface area contributed by atoms with Crippen LogP contribution in [0, 0.1) is 11.3 Å². The topological polar surface area (TPSA) is 79.2 Å². The molecule has 14 heavy (non-hydrogen) atoms. The predicted molar refractivity (Wildman–Crippen MR) is 53.1 cm³/mol. The van der Waals surface area contributed by atoms with Gasteiger partial charge in [-0.05, 0) is 6.42 Å². The number of nitrogens with one attached hydrogen (secondary N) is 1. The molecule has 1 N–H and O–H groups in total. The average Bonchev–Trinajstić information content (AvgIpc) is 2.14. The van der Waals surface area contributed by atoms with Crippen LogP contribution in [0.3, 0.4) is 0 Å². The van der Waals surface area contributed by atoms with E-state index in [1.54, 1.807) is 0 Å². The third kappa shape index (κ3) is 5.91. The van der Waals surface area contributed by atoms with Gasteiger partial charge in [-0.2, -0.15) is 9.98 Å². The molecule has 0 aliphatic carbocycles. The first-order valence-corrected chi connectivity index (χ1v) is 6.09. The quantitative estimate of drug-likeness (QED) is 0.666. The number of hydrogen-bond acceptors (Lipinski definition) is 4. The second-order valence-electron chi connectivity index (χ2n) is 2.90. The summed E-state index contributed by atoms with van der Waals surface area (Å²) < 4.78 is 29.5. The van der Waals surface area contributed by atoms with Crippen molar-refractivity contribution in [3.63, 3.8) is 0 Å². The summed E-state index contributed by atoms with van der Waals surface area (Å²) in [5.74, 6) is -0.106. The molecule has 0 aromatic rings. The lowest BCUT2D eigenvalue weighted by Gasteiger charge is -2.10. The fraction of sp³-hybridized carbons (Fsp3) is 0.875. The summed E-state index contributed by atoms with van der Waals surface area (Å²) >= 11 is 0. The Labute approximate surface area is 85.1 Å². The molecule has 0 amide bonds. The van der Waals surface area contributed by atoms with Crippen LogP contribution in [-0.4, -0.2) is 33.9 Å². The van der Waals surface area contributed by atoms with E-state index in [0.717, 1.165) is 6.42 Å². The van der Waals surface area contributed by atoms with E-state index in [4.69, 9.17) is 5.26 Å². The molecule has 0 spiro atoms. The van der Waals surface area contributed by atoms with Gasteiger partial charge in [-0.3, -0.25) is 0 Å². The Morgan fingerprint density at radius 2 is 2.21 bits per heavy atom. The highest BCUT2D eigenvalue weighted by atomic mass is 32.2. The second kappa shape index (κ2) is 6.76. The lowest BCUT2D eigenvalue weighted by Crippen LogP contribution is -2.36. The van der Waals surface area contributed by atoms with Crippen molar-refractivity contribution in [2.24, 2.45) is 0 Å². The molecule has 0 aromatic carbocycles. The van der Waals surface area contributed by atoms with Gasteiger partial charge in [0.15, 0.2) is 0 Å². The molecule has 0 bridgehead atoms. The van der Waals surface area contributed by atoms with Crippen LogP contribution in [0.2, 0.25) is 0 Å². The molecule has 0 radical (unpaired) electrons. The average molecular weight is 220 g/mol. The van der Waals surface area contributed by atoms with E-state index < -0.39 is 16.1 Å². The van der Waals surface area contributed by atoms with Gasteiger partial charge in [0.05, 0.1) is 18.4 Å². The van der Waals surface area contributed by atoms with Gasteiger partial charge in [0, 0.05) is 7.11 Å². The van der Waals surface area contributed by atoms with Crippen LogP contribution in [0.4, 0.5) is 0 Å². The summed E-state index contributed by atoms with van der Waals surface area (Å²) in [5.41, 5.74) is 0. The predicted octanol–water partition coefficient (Wildman–Crippen LogP) is 0.244. The molecule has 0 saturated carbocycles. The Morgan fingerprint density at radius 3 is 2.64 bits per heavy atom. The summed E-state index contributed by atoms with van der Waals surface area (Å²) in [5, 5.41) is 8.64. The van der Waals surface area contributed by atoms with E-state index >= 15 is 0 Å². The minimum atomic E-state index is -3.37. The molecular formula is C8H16N2O3S. The van der Waals surface area contributed by atoms with Crippen molar-refractivity contribution in [1.29, 1.82) is 5.26 Å². The van der Waals surface area contributed by atoms with Crippen LogP contribution in [-0.2, 0) is 14.8 Å². The van der Waals surface area contributed by atoms with Crippen LogP contribution in [0.15, 0.2) is 0 Å². The van der Waals surface area contributed by atoms with E-state index in [0.29, 0.717) is 6.42 Å². The molecule has 0 aliphatic rings. The van der Waals surface area contributed by atoms with Crippen molar-refractivity contribution in [3.8, 4) is 6.07 Å². The maximum Gasteiger partial charge on any atom is 0.215 e. The number of ether oxygens (including phenoxy) is 1. The van der Waals surface area contributed by atoms with E-state index in [1.165, 1.54) is 7.11 Å². The Balaban J connectivity index is 4.13. The lowest BCUT2D eigenvalue weighted by atomic mass is 10.2. The molecule has 1 unspecified atom stereocenters. The number of sulfonamides is 1. The van der Waals surface area contributed by atoms with Gasteiger partial charge in [0.25, 0.3) is 0 Å². The standard InChI is InChI=1S/C8H16N2O3S/c1-3-4-8(7-9)10-14(11,12)6-5-13-2/h8,10H,3-6H2,1-2H3. The first kappa shape index (κ1) is 13.4. The summed E-state index contributed by atoms with van der Waals surface area (Å²) in [6.45, 7) is 2.04. The summed E-state index contributed by atoms with van der Waals surface area (Å²) in [7, 11) is -1.94. The second-order valence-corrected chi connectivity index (χ2v) is 4.77. The fourth-order valence-electron chi connectivity index (χ4n) is 0.907. The summed E-state index contributed by atoms with van der Waals surface area (Å²) in [6.07, 6.45) is 1.30. The van der Waals surface area contributed by atoms with Gasteiger partial charge in [-0.25, -0.2) is 8.42 Å². The summed E-state index contributed by atoms with van der Waals surface area (Å²) in [6, 6.07) is 1.28. The molecule has 82 valence electrons. The van der Waals surface area contributed by atoms with Gasteiger partial charge < -0.3 is 4.74 Å². The Bertz CT molecular complexity index is 281. The van der Waals surface area contributed by atoms with E-state index in [-0.39, 0.29) is 12.4 Å². The van der Waals surface area contributed by atoms with Crippen molar-refractivity contribution >= 4 is 10.0 Å². The number of hydrogen-bond donors (Lipinski definition) is 1. The molecule has 0 aliphatic heterocycles. The van der Waals surface area contributed by atoms with Crippen molar-refractivity contribution < 1.29 is 13.2 Å². The molecule has 0 rings (SSSR count). The summed E-state index contributed by atoms with van der Waals surface area (Å²) in [4.78, 5) is 0. The number of rotatable bonds is 7.